The predicted octanol–water partition coefficient (Wildman–Crippen LogP) is 3.98. The number of ether oxygens (including phenoxy) is 1. The van der Waals surface area contributed by atoms with Crippen molar-refractivity contribution in [3.05, 3.63) is 19.2 Å². The molecule has 0 spiro atoms. The van der Waals surface area contributed by atoms with E-state index in [0.717, 1.165) is 13.1 Å². The highest BCUT2D eigenvalue weighted by Crippen LogP contribution is 2.36. The van der Waals surface area contributed by atoms with E-state index in [-0.39, 0.29) is 6.61 Å². The number of hydrogen-bond acceptors (Lipinski definition) is 3. The van der Waals surface area contributed by atoms with Crippen molar-refractivity contribution in [2.45, 2.75) is 19.0 Å². The van der Waals surface area contributed by atoms with Gasteiger partial charge in [0, 0.05) is 22.4 Å². The zero-order valence-corrected chi connectivity index (χ0v) is 12.1. The van der Waals surface area contributed by atoms with E-state index in [0.29, 0.717) is 6.42 Å². The highest BCUT2D eigenvalue weighted by Gasteiger charge is 2.13. The number of rotatable bonds is 6. The van der Waals surface area contributed by atoms with E-state index >= 15 is 0 Å². The number of aliphatic hydroxyl groups excluding tert-OH is 1. The second-order valence-electron chi connectivity index (χ2n) is 3.04. The summed E-state index contributed by atoms with van der Waals surface area (Å²) in [6, 6.07) is 1.80. The summed E-state index contributed by atoms with van der Waals surface area (Å²) in [7, 11) is 0. The molecule has 0 saturated heterocycles. The summed E-state index contributed by atoms with van der Waals surface area (Å²) in [5.41, 5.74) is 0. The SMILES string of the molecule is OC(CCOCC(F)F)c1cc(Br)c(Br)s1. The van der Waals surface area contributed by atoms with Gasteiger partial charge >= 0.3 is 0 Å². The first kappa shape index (κ1) is 14.5. The number of halogens is 4. The van der Waals surface area contributed by atoms with Crippen LogP contribution in [0.1, 0.15) is 17.4 Å². The minimum Gasteiger partial charge on any atom is -0.387 e. The van der Waals surface area contributed by atoms with Gasteiger partial charge in [-0.25, -0.2) is 8.78 Å². The average molecular weight is 380 g/mol. The first-order valence-electron chi connectivity index (χ1n) is 4.49. The maximum Gasteiger partial charge on any atom is 0.261 e. The van der Waals surface area contributed by atoms with Crippen LogP contribution in [0.4, 0.5) is 8.78 Å². The second kappa shape index (κ2) is 7.00. The van der Waals surface area contributed by atoms with Crippen LogP contribution in [0, 0.1) is 0 Å². The second-order valence-corrected chi connectivity index (χ2v) is 6.30. The van der Waals surface area contributed by atoms with Crippen LogP contribution >= 0.6 is 43.2 Å². The molecule has 1 heterocycles. The molecule has 0 bridgehead atoms. The van der Waals surface area contributed by atoms with Crippen molar-refractivity contribution in [1.29, 1.82) is 0 Å². The quantitative estimate of drug-likeness (QED) is 0.757. The fraction of sp³-hybridized carbons (Fsp3) is 0.556. The van der Waals surface area contributed by atoms with E-state index in [1.54, 1.807) is 6.07 Å². The zero-order chi connectivity index (χ0) is 12.1. The van der Waals surface area contributed by atoms with Crippen LogP contribution in [-0.2, 0) is 4.74 Å². The lowest BCUT2D eigenvalue weighted by molar-refractivity contribution is 0.00515. The molecule has 0 radical (unpaired) electrons. The monoisotopic (exact) mass is 378 g/mol. The van der Waals surface area contributed by atoms with Crippen LogP contribution in [-0.4, -0.2) is 24.7 Å². The van der Waals surface area contributed by atoms with Crippen LogP contribution in [0.15, 0.2) is 14.3 Å². The van der Waals surface area contributed by atoms with Crippen LogP contribution in [0.5, 0.6) is 0 Å². The molecule has 92 valence electrons. The Labute approximate surface area is 113 Å². The van der Waals surface area contributed by atoms with Crippen molar-refractivity contribution >= 4 is 43.2 Å². The lowest BCUT2D eigenvalue weighted by Crippen LogP contribution is -2.08. The number of hydrogen-bond donors (Lipinski definition) is 1. The standard InChI is InChI=1S/C9H10Br2F2O2S/c10-5-3-7(16-9(5)11)6(14)1-2-15-4-8(12)13/h3,6,8,14H,1-2,4H2. The molecule has 0 aromatic carbocycles. The van der Waals surface area contributed by atoms with Crippen molar-refractivity contribution in [2.24, 2.45) is 0 Å². The fourth-order valence-electron chi connectivity index (χ4n) is 1.04. The van der Waals surface area contributed by atoms with E-state index < -0.39 is 19.1 Å². The Bertz CT molecular complexity index is 314. The van der Waals surface area contributed by atoms with Crippen LogP contribution in [0.2, 0.25) is 0 Å². The van der Waals surface area contributed by atoms with Gasteiger partial charge < -0.3 is 9.84 Å². The molecule has 2 nitrogen and oxygen atoms in total. The third-order valence-corrected chi connectivity index (χ3v) is 5.13. The maximum absolute atomic E-state index is 11.7. The fourth-order valence-corrected chi connectivity index (χ4v) is 3.15. The molecule has 0 saturated carbocycles. The molecule has 7 heteroatoms. The van der Waals surface area contributed by atoms with Crippen molar-refractivity contribution in [1.82, 2.24) is 0 Å². The normalized spacial score (nSPS) is 13.4. The Kier molecular flexibility index (Phi) is 6.35. The average Bonchev–Trinajstić information content (AvgIpc) is 2.54. The Morgan fingerprint density at radius 1 is 1.44 bits per heavy atom. The molecule has 1 N–H and O–H groups in total. The number of thiophene rings is 1. The molecule has 1 aromatic heterocycles. The molecule has 1 unspecified atom stereocenters. The van der Waals surface area contributed by atoms with Gasteiger partial charge in [0.15, 0.2) is 0 Å². The van der Waals surface area contributed by atoms with Crippen LogP contribution in [0.25, 0.3) is 0 Å². The van der Waals surface area contributed by atoms with Gasteiger partial charge in [0.1, 0.15) is 6.61 Å². The van der Waals surface area contributed by atoms with Gasteiger partial charge in [-0.05, 0) is 37.9 Å². The largest absolute Gasteiger partial charge is 0.387 e. The van der Waals surface area contributed by atoms with Gasteiger partial charge in [-0.15, -0.1) is 11.3 Å². The van der Waals surface area contributed by atoms with Crippen molar-refractivity contribution in [2.75, 3.05) is 13.2 Å². The molecule has 1 atom stereocenters. The summed E-state index contributed by atoms with van der Waals surface area (Å²) < 4.78 is 29.9. The molecular formula is C9H10Br2F2O2S. The van der Waals surface area contributed by atoms with E-state index in [1.165, 1.54) is 11.3 Å². The minimum absolute atomic E-state index is 0.124. The predicted molar refractivity (Wildman–Crippen MR) is 66.1 cm³/mol. The van der Waals surface area contributed by atoms with Crippen molar-refractivity contribution < 1.29 is 18.6 Å². The summed E-state index contributed by atoms with van der Waals surface area (Å²) in [5.74, 6) is 0. The Morgan fingerprint density at radius 3 is 2.62 bits per heavy atom. The highest BCUT2D eigenvalue weighted by atomic mass is 79.9. The lowest BCUT2D eigenvalue weighted by atomic mass is 10.2. The third-order valence-electron chi connectivity index (χ3n) is 1.77. The summed E-state index contributed by atoms with van der Waals surface area (Å²) >= 11 is 8.03. The summed E-state index contributed by atoms with van der Waals surface area (Å²) in [4.78, 5) is 0.777. The van der Waals surface area contributed by atoms with E-state index in [2.05, 4.69) is 31.9 Å². The summed E-state index contributed by atoms with van der Waals surface area (Å²) in [6.07, 6.45) is -2.82. The molecule has 16 heavy (non-hydrogen) atoms. The van der Waals surface area contributed by atoms with E-state index in [9.17, 15) is 13.9 Å². The number of aliphatic hydroxyl groups is 1. The molecule has 0 fully saturated rings. The van der Waals surface area contributed by atoms with Gasteiger partial charge in [0.25, 0.3) is 6.43 Å². The van der Waals surface area contributed by atoms with Crippen LogP contribution < -0.4 is 0 Å². The molecule has 0 aliphatic heterocycles. The molecule has 0 amide bonds. The van der Waals surface area contributed by atoms with Crippen LogP contribution in [0.3, 0.4) is 0 Å². The van der Waals surface area contributed by atoms with Gasteiger partial charge in [-0.3, -0.25) is 0 Å². The van der Waals surface area contributed by atoms with Crippen molar-refractivity contribution in [3.63, 3.8) is 0 Å². The first-order valence-corrected chi connectivity index (χ1v) is 6.89. The van der Waals surface area contributed by atoms with Gasteiger partial charge in [-0.1, -0.05) is 0 Å². The highest BCUT2D eigenvalue weighted by molar-refractivity contribution is 9.13. The zero-order valence-electron chi connectivity index (χ0n) is 8.13. The van der Waals surface area contributed by atoms with Crippen molar-refractivity contribution in [3.8, 4) is 0 Å². The van der Waals surface area contributed by atoms with E-state index in [1.807, 2.05) is 0 Å². The Morgan fingerprint density at radius 2 is 2.12 bits per heavy atom. The Hall–Kier alpha value is 0.440. The molecule has 0 aliphatic rings. The van der Waals surface area contributed by atoms with Gasteiger partial charge in [-0.2, -0.15) is 0 Å². The smallest absolute Gasteiger partial charge is 0.261 e. The topological polar surface area (TPSA) is 29.5 Å². The molecule has 1 aromatic rings. The first-order chi connectivity index (χ1) is 7.50. The van der Waals surface area contributed by atoms with E-state index in [4.69, 9.17) is 4.74 Å². The Balaban J connectivity index is 2.32. The van der Waals surface area contributed by atoms with Gasteiger partial charge in [0.05, 0.1) is 9.89 Å². The third kappa shape index (κ3) is 4.75. The minimum atomic E-state index is -2.46. The molecular weight excluding hydrogens is 370 g/mol. The summed E-state index contributed by atoms with van der Waals surface area (Å²) in [6.45, 7) is -0.455. The molecule has 0 aliphatic carbocycles. The lowest BCUT2D eigenvalue weighted by Gasteiger charge is -2.08. The number of alkyl halides is 2. The summed E-state index contributed by atoms with van der Waals surface area (Å²) in [5, 5.41) is 9.72. The molecule has 1 rings (SSSR count). The maximum atomic E-state index is 11.7. The van der Waals surface area contributed by atoms with Gasteiger partial charge in [0.2, 0.25) is 0 Å².